The van der Waals surface area contributed by atoms with E-state index in [0.717, 1.165) is 29.6 Å². The molecule has 22 heavy (non-hydrogen) atoms. The Morgan fingerprint density at radius 1 is 1.50 bits per heavy atom. The van der Waals surface area contributed by atoms with Crippen molar-refractivity contribution in [3.8, 4) is 0 Å². The fourth-order valence-corrected chi connectivity index (χ4v) is 3.77. The molecule has 0 saturated heterocycles. The van der Waals surface area contributed by atoms with E-state index in [-0.39, 0.29) is 11.8 Å². The summed E-state index contributed by atoms with van der Waals surface area (Å²) in [5, 5.41) is 0. The number of hydrogen-bond acceptors (Lipinski definition) is 2. The molecule has 0 radical (unpaired) electrons. The highest BCUT2D eigenvalue weighted by Gasteiger charge is 2.25. The van der Waals surface area contributed by atoms with Crippen LogP contribution < -0.4 is 4.80 Å². The number of aromatic nitrogens is 1. The second-order valence-corrected chi connectivity index (χ2v) is 7.25. The van der Waals surface area contributed by atoms with Gasteiger partial charge in [-0.15, -0.1) is 6.58 Å². The monoisotopic (exact) mass is 314 g/mol. The summed E-state index contributed by atoms with van der Waals surface area (Å²) in [6, 6.07) is 6.52. The number of rotatable bonds is 4. The molecule has 1 aliphatic rings. The fourth-order valence-electron chi connectivity index (χ4n) is 2.68. The van der Waals surface area contributed by atoms with E-state index in [1.807, 2.05) is 6.08 Å². The van der Waals surface area contributed by atoms with E-state index in [1.54, 1.807) is 11.3 Å². The van der Waals surface area contributed by atoms with E-state index >= 15 is 0 Å². The zero-order valence-electron chi connectivity index (χ0n) is 13.2. The summed E-state index contributed by atoms with van der Waals surface area (Å²) in [5.41, 5.74) is 2.45. The number of benzene rings is 1. The first-order valence-corrected chi connectivity index (χ1v) is 8.74. The van der Waals surface area contributed by atoms with Crippen molar-refractivity contribution in [2.45, 2.75) is 45.6 Å². The van der Waals surface area contributed by atoms with Crippen LogP contribution in [-0.4, -0.2) is 10.5 Å². The fraction of sp³-hybridized carbons (Fsp3) is 0.444. The second kappa shape index (κ2) is 6.21. The Morgan fingerprint density at radius 2 is 2.27 bits per heavy atom. The summed E-state index contributed by atoms with van der Waals surface area (Å²) in [6.45, 7) is 8.89. The highest BCUT2D eigenvalue weighted by molar-refractivity contribution is 7.16. The Balaban J connectivity index is 2.11. The van der Waals surface area contributed by atoms with Gasteiger partial charge < -0.3 is 4.57 Å². The van der Waals surface area contributed by atoms with Gasteiger partial charge in [-0.1, -0.05) is 43.7 Å². The lowest BCUT2D eigenvalue weighted by Crippen LogP contribution is -2.24. The standard InChI is InChI=1S/C18H22N2OS/c1-4-10-20-15-9-8-14(12(2)3)11-16(15)22-18(20)19-17(21)13-6-5-7-13/h4,8-9,11-13H,1,5-7,10H2,2-3H3. The van der Waals surface area contributed by atoms with Gasteiger partial charge in [-0.25, -0.2) is 0 Å². The molecule has 1 saturated carbocycles. The summed E-state index contributed by atoms with van der Waals surface area (Å²) < 4.78 is 3.28. The number of fused-ring (bicyclic) bond motifs is 1. The van der Waals surface area contributed by atoms with Crippen molar-refractivity contribution in [1.82, 2.24) is 4.57 Å². The van der Waals surface area contributed by atoms with Crippen LogP contribution in [-0.2, 0) is 11.3 Å². The third-order valence-corrected chi connectivity index (χ3v) is 5.39. The summed E-state index contributed by atoms with van der Waals surface area (Å²) in [4.78, 5) is 17.4. The molecular formula is C18H22N2OS. The minimum Gasteiger partial charge on any atom is -0.313 e. The zero-order valence-corrected chi connectivity index (χ0v) is 14.0. The Hall–Kier alpha value is -1.68. The van der Waals surface area contributed by atoms with E-state index < -0.39 is 0 Å². The average molecular weight is 314 g/mol. The number of nitrogens with zero attached hydrogens (tertiary/aromatic N) is 2. The topological polar surface area (TPSA) is 34.4 Å². The van der Waals surface area contributed by atoms with E-state index in [1.165, 1.54) is 10.3 Å². The smallest absolute Gasteiger partial charge is 0.251 e. The Bertz CT molecular complexity index is 778. The number of amides is 1. The lowest BCUT2D eigenvalue weighted by Gasteiger charge is -2.20. The molecule has 4 heteroatoms. The van der Waals surface area contributed by atoms with Crippen molar-refractivity contribution in [3.63, 3.8) is 0 Å². The molecule has 3 rings (SSSR count). The van der Waals surface area contributed by atoms with Crippen LogP contribution in [0.15, 0.2) is 35.8 Å². The molecule has 3 nitrogen and oxygen atoms in total. The van der Waals surface area contributed by atoms with E-state index in [2.05, 4.69) is 48.2 Å². The molecule has 0 unspecified atom stereocenters. The SMILES string of the molecule is C=CCn1c(=NC(=O)C2CCC2)sc2cc(C(C)C)ccc21. The van der Waals surface area contributed by atoms with Crippen LogP contribution in [0.4, 0.5) is 0 Å². The minimum atomic E-state index is 0.0414. The molecule has 1 aliphatic carbocycles. The second-order valence-electron chi connectivity index (χ2n) is 6.24. The van der Waals surface area contributed by atoms with E-state index in [4.69, 9.17) is 0 Å². The first-order valence-electron chi connectivity index (χ1n) is 7.93. The molecule has 1 aromatic carbocycles. The molecule has 116 valence electrons. The van der Waals surface area contributed by atoms with Crippen LogP contribution in [0.1, 0.15) is 44.6 Å². The van der Waals surface area contributed by atoms with Crippen LogP contribution in [0.5, 0.6) is 0 Å². The molecule has 1 aromatic heterocycles. The first-order chi connectivity index (χ1) is 10.6. The first kappa shape index (κ1) is 15.2. The zero-order chi connectivity index (χ0) is 15.7. The molecule has 0 spiro atoms. The predicted octanol–water partition coefficient (Wildman–Crippen LogP) is 4.24. The van der Waals surface area contributed by atoms with Gasteiger partial charge in [0.05, 0.1) is 10.2 Å². The number of hydrogen-bond donors (Lipinski definition) is 0. The van der Waals surface area contributed by atoms with Gasteiger partial charge in [0.2, 0.25) is 0 Å². The van der Waals surface area contributed by atoms with Crippen molar-refractivity contribution in [2.75, 3.05) is 0 Å². The Morgan fingerprint density at radius 3 is 2.86 bits per heavy atom. The molecule has 0 N–H and O–H groups in total. The Kier molecular flexibility index (Phi) is 4.30. The summed E-state index contributed by atoms with van der Waals surface area (Å²) >= 11 is 1.60. The van der Waals surface area contributed by atoms with Gasteiger partial charge >= 0.3 is 0 Å². The minimum absolute atomic E-state index is 0.0414. The van der Waals surface area contributed by atoms with Crippen LogP contribution in [0, 0.1) is 5.92 Å². The van der Waals surface area contributed by atoms with Crippen molar-refractivity contribution >= 4 is 27.5 Å². The predicted molar refractivity (Wildman–Crippen MR) is 92.0 cm³/mol. The molecule has 0 bridgehead atoms. The van der Waals surface area contributed by atoms with Gasteiger partial charge in [0, 0.05) is 12.5 Å². The third-order valence-electron chi connectivity index (χ3n) is 4.35. The lowest BCUT2D eigenvalue weighted by molar-refractivity contribution is -0.124. The molecule has 0 atom stereocenters. The average Bonchev–Trinajstić information content (AvgIpc) is 2.74. The molecular weight excluding hydrogens is 292 g/mol. The van der Waals surface area contributed by atoms with E-state index in [9.17, 15) is 4.79 Å². The van der Waals surface area contributed by atoms with Crippen molar-refractivity contribution < 1.29 is 4.79 Å². The van der Waals surface area contributed by atoms with Gasteiger partial charge in [-0.05, 0) is 36.5 Å². The summed E-state index contributed by atoms with van der Waals surface area (Å²) in [6.07, 6.45) is 5.00. The number of allylic oxidation sites excluding steroid dienone is 1. The molecule has 0 aliphatic heterocycles. The Labute approximate surface area is 135 Å². The van der Waals surface area contributed by atoms with Crippen molar-refractivity contribution in [3.05, 3.63) is 41.2 Å². The van der Waals surface area contributed by atoms with Crippen LogP contribution in [0.25, 0.3) is 10.2 Å². The van der Waals surface area contributed by atoms with Crippen LogP contribution in [0.3, 0.4) is 0 Å². The highest BCUT2D eigenvalue weighted by atomic mass is 32.1. The maximum Gasteiger partial charge on any atom is 0.251 e. The quantitative estimate of drug-likeness (QED) is 0.777. The summed E-state index contributed by atoms with van der Waals surface area (Å²) in [5.74, 6) is 0.685. The van der Waals surface area contributed by atoms with Gasteiger partial charge in [0.1, 0.15) is 0 Å². The summed E-state index contributed by atoms with van der Waals surface area (Å²) in [7, 11) is 0. The number of thiazole rings is 1. The van der Waals surface area contributed by atoms with Crippen LogP contribution >= 0.6 is 11.3 Å². The van der Waals surface area contributed by atoms with Gasteiger partial charge in [-0.2, -0.15) is 4.99 Å². The van der Waals surface area contributed by atoms with Gasteiger partial charge in [0.15, 0.2) is 4.80 Å². The molecule has 1 amide bonds. The van der Waals surface area contributed by atoms with Crippen molar-refractivity contribution in [1.29, 1.82) is 0 Å². The maximum absolute atomic E-state index is 12.2. The number of carbonyl (C=O) groups excluding carboxylic acids is 1. The van der Waals surface area contributed by atoms with Crippen LogP contribution in [0.2, 0.25) is 0 Å². The largest absolute Gasteiger partial charge is 0.313 e. The molecule has 1 heterocycles. The third kappa shape index (κ3) is 2.80. The van der Waals surface area contributed by atoms with E-state index in [0.29, 0.717) is 12.5 Å². The van der Waals surface area contributed by atoms with Gasteiger partial charge in [0.25, 0.3) is 5.91 Å². The number of carbonyl (C=O) groups is 1. The molecule has 2 aromatic rings. The molecule has 1 fully saturated rings. The highest BCUT2D eigenvalue weighted by Crippen LogP contribution is 2.28. The van der Waals surface area contributed by atoms with Crippen molar-refractivity contribution in [2.24, 2.45) is 10.9 Å². The lowest BCUT2D eigenvalue weighted by atomic mass is 9.85. The maximum atomic E-state index is 12.2. The normalized spacial score (nSPS) is 16.2. The van der Waals surface area contributed by atoms with Gasteiger partial charge in [-0.3, -0.25) is 4.79 Å².